The zero-order valence-corrected chi connectivity index (χ0v) is 15.2. The molecule has 3 rings (SSSR count). The number of benzene rings is 1. The second-order valence-electron chi connectivity index (χ2n) is 6.43. The highest BCUT2D eigenvalue weighted by atomic mass is 16.1. The van der Waals surface area contributed by atoms with Crippen LogP contribution >= 0.6 is 0 Å². The van der Waals surface area contributed by atoms with E-state index in [4.69, 9.17) is 0 Å². The minimum atomic E-state index is -0.137. The predicted octanol–water partition coefficient (Wildman–Crippen LogP) is 4.14. The summed E-state index contributed by atoms with van der Waals surface area (Å²) in [5.41, 5.74) is 3.73. The third-order valence-corrected chi connectivity index (χ3v) is 4.46. The molecule has 0 spiro atoms. The van der Waals surface area contributed by atoms with E-state index in [9.17, 15) is 4.79 Å². The van der Waals surface area contributed by atoms with Crippen molar-refractivity contribution in [3.8, 4) is 0 Å². The summed E-state index contributed by atoms with van der Waals surface area (Å²) in [7, 11) is 0. The van der Waals surface area contributed by atoms with E-state index in [0.717, 1.165) is 30.6 Å². The van der Waals surface area contributed by atoms with Gasteiger partial charge in [-0.3, -0.25) is 4.79 Å². The van der Waals surface area contributed by atoms with Gasteiger partial charge < -0.3 is 15.6 Å². The molecule has 2 aromatic heterocycles. The quantitative estimate of drug-likeness (QED) is 0.508. The van der Waals surface area contributed by atoms with E-state index in [1.54, 1.807) is 12.3 Å². The number of H-pyrrole nitrogens is 1. The molecule has 5 heteroatoms. The minimum absolute atomic E-state index is 0.137. The predicted molar refractivity (Wildman–Crippen MR) is 107 cm³/mol. The van der Waals surface area contributed by atoms with Gasteiger partial charge >= 0.3 is 0 Å². The Bertz CT molecular complexity index is 839. The molecule has 0 aliphatic rings. The number of nitrogens with zero attached hydrogens (tertiary/aromatic N) is 1. The SMILES string of the molecule is CCCCCNc1ccc(C(=O)NCCc2c[nH]c3ccccc23)nc1. The summed E-state index contributed by atoms with van der Waals surface area (Å²) < 4.78 is 0. The van der Waals surface area contributed by atoms with Crippen LogP contribution in [0.2, 0.25) is 0 Å². The van der Waals surface area contributed by atoms with Gasteiger partial charge in [-0.2, -0.15) is 0 Å². The van der Waals surface area contributed by atoms with Crippen molar-refractivity contribution in [1.82, 2.24) is 15.3 Å². The Morgan fingerprint density at radius 3 is 2.81 bits per heavy atom. The average Bonchev–Trinajstić information content (AvgIpc) is 3.09. The van der Waals surface area contributed by atoms with Gasteiger partial charge in [-0.1, -0.05) is 38.0 Å². The van der Waals surface area contributed by atoms with Crippen LogP contribution in [0, 0.1) is 0 Å². The molecule has 0 saturated carbocycles. The van der Waals surface area contributed by atoms with Crippen LogP contribution in [0.4, 0.5) is 5.69 Å². The first-order valence-electron chi connectivity index (χ1n) is 9.31. The van der Waals surface area contributed by atoms with Gasteiger partial charge in [-0.25, -0.2) is 4.98 Å². The van der Waals surface area contributed by atoms with E-state index in [0.29, 0.717) is 12.2 Å². The van der Waals surface area contributed by atoms with Crippen LogP contribution in [0.5, 0.6) is 0 Å². The summed E-state index contributed by atoms with van der Waals surface area (Å²) in [4.78, 5) is 19.8. The fraction of sp³-hybridized carbons (Fsp3) is 0.333. The van der Waals surface area contributed by atoms with Crippen LogP contribution in [-0.4, -0.2) is 29.0 Å². The molecule has 0 atom stereocenters. The van der Waals surface area contributed by atoms with Gasteiger partial charge in [0.25, 0.3) is 5.91 Å². The molecule has 1 aromatic carbocycles. The number of rotatable bonds is 9. The molecule has 0 radical (unpaired) electrons. The highest BCUT2D eigenvalue weighted by molar-refractivity contribution is 5.92. The first-order chi connectivity index (χ1) is 12.8. The molecule has 5 nitrogen and oxygen atoms in total. The lowest BCUT2D eigenvalue weighted by Crippen LogP contribution is -2.26. The Balaban J connectivity index is 1.47. The zero-order chi connectivity index (χ0) is 18.2. The summed E-state index contributed by atoms with van der Waals surface area (Å²) in [6.45, 7) is 3.71. The lowest BCUT2D eigenvalue weighted by atomic mass is 10.1. The Morgan fingerprint density at radius 1 is 1.12 bits per heavy atom. The van der Waals surface area contributed by atoms with Crippen LogP contribution in [0.15, 0.2) is 48.8 Å². The Kier molecular flexibility index (Phi) is 6.25. The van der Waals surface area contributed by atoms with Crippen molar-refractivity contribution >= 4 is 22.5 Å². The van der Waals surface area contributed by atoms with Crippen molar-refractivity contribution in [1.29, 1.82) is 0 Å². The number of anilines is 1. The topological polar surface area (TPSA) is 69.8 Å². The van der Waals surface area contributed by atoms with Gasteiger partial charge in [-0.05, 0) is 36.6 Å². The van der Waals surface area contributed by atoms with E-state index in [-0.39, 0.29) is 5.91 Å². The number of hydrogen-bond donors (Lipinski definition) is 3. The van der Waals surface area contributed by atoms with E-state index >= 15 is 0 Å². The molecule has 3 N–H and O–H groups in total. The monoisotopic (exact) mass is 350 g/mol. The summed E-state index contributed by atoms with van der Waals surface area (Å²) in [5.74, 6) is -0.137. The average molecular weight is 350 g/mol. The molecule has 1 amide bonds. The number of unbranched alkanes of at least 4 members (excludes halogenated alkanes) is 2. The van der Waals surface area contributed by atoms with Crippen LogP contribution in [0.1, 0.15) is 42.2 Å². The van der Waals surface area contributed by atoms with E-state index in [1.807, 2.05) is 24.4 Å². The lowest BCUT2D eigenvalue weighted by Gasteiger charge is -2.07. The second kappa shape index (κ2) is 9.04. The molecule has 0 aliphatic carbocycles. The summed E-state index contributed by atoms with van der Waals surface area (Å²) in [5, 5.41) is 7.48. The van der Waals surface area contributed by atoms with Gasteiger partial charge in [0.2, 0.25) is 0 Å². The van der Waals surface area contributed by atoms with E-state index in [1.165, 1.54) is 23.8 Å². The van der Waals surface area contributed by atoms with Crippen LogP contribution in [0.25, 0.3) is 10.9 Å². The van der Waals surface area contributed by atoms with Crippen molar-refractivity contribution in [3.05, 3.63) is 60.0 Å². The van der Waals surface area contributed by atoms with Crippen LogP contribution in [0.3, 0.4) is 0 Å². The second-order valence-corrected chi connectivity index (χ2v) is 6.43. The number of amides is 1. The highest BCUT2D eigenvalue weighted by Crippen LogP contribution is 2.17. The number of pyridine rings is 1. The Hall–Kier alpha value is -2.82. The normalized spacial score (nSPS) is 10.8. The maximum absolute atomic E-state index is 12.2. The number of aromatic amines is 1. The molecular weight excluding hydrogens is 324 g/mol. The molecule has 0 bridgehead atoms. The number of nitrogens with one attached hydrogen (secondary N) is 3. The van der Waals surface area contributed by atoms with Gasteiger partial charge in [0, 0.05) is 30.2 Å². The number of carbonyl (C=O) groups is 1. The first kappa shape index (κ1) is 18.0. The molecule has 2 heterocycles. The number of aromatic nitrogens is 2. The third kappa shape index (κ3) is 4.63. The van der Waals surface area contributed by atoms with E-state index < -0.39 is 0 Å². The molecule has 136 valence electrons. The number of carbonyl (C=O) groups excluding carboxylic acids is 1. The Morgan fingerprint density at radius 2 is 2.00 bits per heavy atom. The molecule has 0 unspecified atom stereocenters. The van der Waals surface area contributed by atoms with Gasteiger partial charge in [-0.15, -0.1) is 0 Å². The van der Waals surface area contributed by atoms with Crippen LogP contribution in [-0.2, 0) is 6.42 Å². The Labute approximate surface area is 154 Å². The summed E-state index contributed by atoms with van der Waals surface area (Å²) in [6.07, 6.45) is 8.09. The fourth-order valence-corrected chi connectivity index (χ4v) is 2.98. The molecule has 0 fully saturated rings. The molecule has 3 aromatic rings. The smallest absolute Gasteiger partial charge is 0.269 e. The van der Waals surface area contributed by atoms with Gasteiger partial charge in [0.15, 0.2) is 0 Å². The number of fused-ring (bicyclic) bond motifs is 1. The maximum atomic E-state index is 12.2. The zero-order valence-electron chi connectivity index (χ0n) is 15.2. The minimum Gasteiger partial charge on any atom is -0.384 e. The van der Waals surface area contributed by atoms with Crippen molar-refractivity contribution in [2.24, 2.45) is 0 Å². The molecule has 26 heavy (non-hydrogen) atoms. The number of hydrogen-bond acceptors (Lipinski definition) is 3. The maximum Gasteiger partial charge on any atom is 0.269 e. The highest BCUT2D eigenvalue weighted by Gasteiger charge is 2.08. The van der Waals surface area contributed by atoms with Crippen molar-refractivity contribution in [2.75, 3.05) is 18.4 Å². The largest absolute Gasteiger partial charge is 0.384 e. The van der Waals surface area contributed by atoms with Crippen molar-refractivity contribution < 1.29 is 4.79 Å². The standard InChI is InChI=1S/C21H26N4O/c1-2-3-6-12-22-17-9-10-20(25-15-17)21(26)23-13-11-16-14-24-19-8-5-4-7-18(16)19/h4-5,7-10,14-15,22,24H,2-3,6,11-13H2,1H3,(H,23,26). The van der Waals surface area contributed by atoms with Gasteiger partial charge in [0.1, 0.15) is 5.69 Å². The third-order valence-electron chi connectivity index (χ3n) is 4.46. The molecule has 0 aliphatic heterocycles. The summed E-state index contributed by atoms with van der Waals surface area (Å²) >= 11 is 0. The van der Waals surface area contributed by atoms with Gasteiger partial charge in [0.05, 0.1) is 11.9 Å². The van der Waals surface area contributed by atoms with Crippen molar-refractivity contribution in [2.45, 2.75) is 32.6 Å². The van der Waals surface area contributed by atoms with Crippen LogP contribution < -0.4 is 10.6 Å². The lowest BCUT2D eigenvalue weighted by molar-refractivity contribution is 0.0949. The molecule has 0 saturated heterocycles. The van der Waals surface area contributed by atoms with Crippen molar-refractivity contribution in [3.63, 3.8) is 0 Å². The number of para-hydroxylation sites is 1. The van der Waals surface area contributed by atoms with E-state index in [2.05, 4.69) is 39.7 Å². The summed E-state index contributed by atoms with van der Waals surface area (Å²) in [6, 6.07) is 11.9. The molecular formula is C21H26N4O. The first-order valence-corrected chi connectivity index (χ1v) is 9.31. The fourth-order valence-electron chi connectivity index (χ4n) is 2.98.